The molecule has 6 heteroatoms. The first-order valence-corrected chi connectivity index (χ1v) is 10.9. The fourth-order valence-electron chi connectivity index (χ4n) is 3.85. The van der Waals surface area contributed by atoms with Crippen molar-refractivity contribution in [2.75, 3.05) is 19.3 Å². The van der Waals surface area contributed by atoms with Crippen molar-refractivity contribution in [2.24, 2.45) is 0 Å². The first-order valence-electron chi connectivity index (χ1n) is 9.06. The zero-order valence-electron chi connectivity index (χ0n) is 15.0. The first-order chi connectivity index (χ1) is 12.4. The number of carbonyl (C=O) groups excluding carboxylic acids is 1. The quantitative estimate of drug-likeness (QED) is 0.831. The summed E-state index contributed by atoms with van der Waals surface area (Å²) in [5.41, 5.74) is 1.54. The molecule has 0 bridgehead atoms. The number of aromatic hydroxyl groups is 1. The second-order valence-electron chi connectivity index (χ2n) is 7.09. The van der Waals surface area contributed by atoms with Gasteiger partial charge in [-0.05, 0) is 54.0 Å². The normalized spacial score (nSPS) is 20.3. The van der Waals surface area contributed by atoms with Crippen molar-refractivity contribution >= 4 is 27.1 Å². The lowest BCUT2D eigenvalue weighted by Crippen LogP contribution is -2.31. The van der Waals surface area contributed by atoms with Crippen molar-refractivity contribution in [1.82, 2.24) is 4.31 Å². The van der Waals surface area contributed by atoms with E-state index in [2.05, 4.69) is 6.07 Å². The Bertz CT molecular complexity index is 907. The number of nitrogens with zero attached hydrogens (tertiary/aromatic N) is 1. The minimum absolute atomic E-state index is 0.00329. The summed E-state index contributed by atoms with van der Waals surface area (Å²) < 4.78 is 25.2. The van der Waals surface area contributed by atoms with E-state index in [4.69, 9.17) is 0 Å². The molecular weight excluding hydrogens is 350 g/mol. The Kier molecular flexibility index (Phi) is 5.63. The van der Waals surface area contributed by atoms with Gasteiger partial charge in [0, 0.05) is 13.1 Å². The Hall–Kier alpha value is -1.92. The largest absolute Gasteiger partial charge is 0.507 e. The minimum Gasteiger partial charge on any atom is -0.507 e. The van der Waals surface area contributed by atoms with Gasteiger partial charge >= 0.3 is 0 Å². The summed E-state index contributed by atoms with van der Waals surface area (Å²) in [6.07, 6.45) is 6.65. The summed E-state index contributed by atoms with van der Waals surface area (Å²) in [6, 6.07) is 9.43. The molecule has 3 rings (SSSR count). The van der Waals surface area contributed by atoms with Crippen LogP contribution in [-0.2, 0) is 10.0 Å². The number of fused-ring (bicyclic) bond motifs is 1. The standard InChI is InChI=1S/C20H25NO4S/c1-26(24,25)21-11-3-2-5-15(6-4-12-21)16-7-9-18-17(13-16)8-10-20(23)19(18)14-22/h7-10,13-15,23H,2-6,11-12H2,1H3. The van der Waals surface area contributed by atoms with Crippen LogP contribution < -0.4 is 0 Å². The molecule has 26 heavy (non-hydrogen) atoms. The van der Waals surface area contributed by atoms with Crippen molar-refractivity contribution in [3.05, 3.63) is 41.5 Å². The van der Waals surface area contributed by atoms with Gasteiger partial charge < -0.3 is 5.11 Å². The number of aldehydes is 1. The molecule has 1 aliphatic rings. The van der Waals surface area contributed by atoms with E-state index in [9.17, 15) is 18.3 Å². The van der Waals surface area contributed by atoms with E-state index in [0.717, 1.165) is 42.9 Å². The molecule has 1 fully saturated rings. The van der Waals surface area contributed by atoms with E-state index < -0.39 is 10.0 Å². The third kappa shape index (κ3) is 4.07. The van der Waals surface area contributed by atoms with Crippen LogP contribution in [0.25, 0.3) is 10.8 Å². The Labute approximate surface area is 154 Å². The van der Waals surface area contributed by atoms with E-state index in [1.165, 1.54) is 11.8 Å². The molecule has 1 atom stereocenters. The monoisotopic (exact) mass is 375 g/mol. The van der Waals surface area contributed by atoms with E-state index in [1.54, 1.807) is 10.4 Å². The molecule has 0 aliphatic carbocycles. The van der Waals surface area contributed by atoms with Crippen molar-refractivity contribution in [3.63, 3.8) is 0 Å². The van der Waals surface area contributed by atoms with Crippen LogP contribution in [0.3, 0.4) is 0 Å². The molecule has 0 radical (unpaired) electrons. The molecule has 1 aliphatic heterocycles. The second kappa shape index (κ2) is 7.76. The van der Waals surface area contributed by atoms with Crippen LogP contribution in [0.15, 0.2) is 30.3 Å². The molecule has 140 valence electrons. The van der Waals surface area contributed by atoms with E-state index >= 15 is 0 Å². The smallest absolute Gasteiger partial charge is 0.211 e. The van der Waals surface area contributed by atoms with Crippen LogP contribution in [0.2, 0.25) is 0 Å². The third-order valence-electron chi connectivity index (χ3n) is 5.29. The Balaban J connectivity index is 1.84. The van der Waals surface area contributed by atoms with E-state index in [0.29, 0.717) is 30.9 Å². The molecule has 0 amide bonds. The van der Waals surface area contributed by atoms with Crippen molar-refractivity contribution in [3.8, 4) is 5.75 Å². The molecule has 0 saturated carbocycles. The molecule has 0 spiro atoms. The highest BCUT2D eigenvalue weighted by molar-refractivity contribution is 7.88. The third-order valence-corrected chi connectivity index (χ3v) is 6.59. The first kappa shape index (κ1) is 18.9. The maximum atomic E-state index is 11.8. The Morgan fingerprint density at radius 1 is 1.08 bits per heavy atom. The van der Waals surface area contributed by atoms with Crippen LogP contribution in [-0.4, -0.2) is 43.5 Å². The zero-order chi connectivity index (χ0) is 18.7. The maximum absolute atomic E-state index is 11.8. The lowest BCUT2D eigenvalue weighted by molar-refractivity contribution is 0.112. The molecular formula is C20H25NO4S. The van der Waals surface area contributed by atoms with Crippen molar-refractivity contribution in [2.45, 2.75) is 38.0 Å². The number of sulfonamides is 1. The molecule has 1 unspecified atom stereocenters. The van der Waals surface area contributed by atoms with Gasteiger partial charge in [-0.1, -0.05) is 30.7 Å². The van der Waals surface area contributed by atoms with Gasteiger partial charge in [0.25, 0.3) is 0 Å². The lowest BCUT2D eigenvalue weighted by atomic mass is 9.88. The second-order valence-corrected chi connectivity index (χ2v) is 9.08. The number of hydrogen-bond acceptors (Lipinski definition) is 4. The van der Waals surface area contributed by atoms with Crippen LogP contribution >= 0.6 is 0 Å². The highest BCUT2D eigenvalue weighted by Crippen LogP contribution is 2.33. The number of benzene rings is 2. The minimum atomic E-state index is -3.13. The number of phenols is 1. The van der Waals surface area contributed by atoms with Crippen LogP contribution in [0, 0.1) is 0 Å². The van der Waals surface area contributed by atoms with Crippen LogP contribution in [0.1, 0.15) is 53.9 Å². The lowest BCUT2D eigenvalue weighted by Gasteiger charge is -2.19. The summed E-state index contributed by atoms with van der Waals surface area (Å²) in [4.78, 5) is 11.2. The summed E-state index contributed by atoms with van der Waals surface area (Å²) in [5, 5.41) is 11.5. The number of rotatable bonds is 3. The topological polar surface area (TPSA) is 74.7 Å². The predicted molar refractivity (Wildman–Crippen MR) is 103 cm³/mol. The van der Waals surface area contributed by atoms with Gasteiger partial charge in [0.15, 0.2) is 6.29 Å². The fraction of sp³-hybridized carbons (Fsp3) is 0.450. The summed E-state index contributed by atoms with van der Waals surface area (Å²) in [6.45, 7) is 1.18. The predicted octanol–water partition coefficient (Wildman–Crippen LogP) is 3.67. The highest BCUT2D eigenvalue weighted by Gasteiger charge is 2.20. The molecule has 2 aromatic rings. The van der Waals surface area contributed by atoms with Gasteiger partial charge in [-0.3, -0.25) is 4.79 Å². The highest BCUT2D eigenvalue weighted by atomic mass is 32.2. The van der Waals surface area contributed by atoms with Gasteiger partial charge in [0.2, 0.25) is 10.0 Å². The molecule has 2 aromatic carbocycles. The molecule has 0 aromatic heterocycles. The van der Waals surface area contributed by atoms with E-state index in [-0.39, 0.29) is 5.75 Å². The fourth-order valence-corrected chi connectivity index (χ4v) is 4.77. The van der Waals surface area contributed by atoms with Gasteiger partial charge in [-0.2, -0.15) is 0 Å². The summed E-state index contributed by atoms with van der Waals surface area (Å²) in [5.74, 6) is 0.385. The van der Waals surface area contributed by atoms with Crippen LogP contribution in [0.4, 0.5) is 0 Å². The Morgan fingerprint density at radius 2 is 1.81 bits per heavy atom. The number of hydrogen-bond donors (Lipinski definition) is 1. The Morgan fingerprint density at radius 3 is 2.54 bits per heavy atom. The maximum Gasteiger partial charge on any atom is 0.211 e. The van der Waals surface area contributed by atoms with E-state index in [1.807, 2.05) is 18.2 Å². The average Bonchev–Trinajstić information content (AvgIpc) is 2.73. The van der Waals surface area contributed by atoms with Crippen LogP contribution in [0.5, 0.6) is 5.75 Å². The van der Waals surface area contributed by atoms with Gasteiger partial charge in [0.05, 0.1) is 11.8 Å². The van der Waals surface area contributed by atoms with Gasteiger partial charge in [-0.25, -0.2) is 12.7 Å². The van der Waals surface area contributed by atoms with Crippen molar-refractivity contribution in [1.29, 1.82) is 0 Å². The average molecular weight is 375 g/mol. The SMILES string of the molecule is CS(=O)(=O)N1CCCCC(c2ccc3c(C=O)c(O)ccc3c2)CCC1. The molecule has 1 heterocycles. The van der Waals surface area contributed by atoms with Gasteiger partial charge in [0.1, 0.15) is 5.75 Å². The summed E-state index contributed by atoms with van der Waals surface area (Å²) >= 11 is 0. The molecule has 1 N–H and O–H groups in total. The van der Waals surface area contributed by atoms with Crippen molar-refractivity contribution < 1.29 is 18.3 Å². The molecule has 5 nitrogen and oxygen atoms in total. The van der Waals surface area contributed by atoms with Gasteiger partial charge in [-0.15, -0.1) is 0 Å². The number of carbonyl (C=O) groups is 1. The number of phenolic OH excluding ortho intramolecular Hbond substituents is 1. The molecule has 1 saturated heterocycles. The zero-order valence-corrected chi connectivity index (χ0v) is 15.8. The summed E-state index contributed by atoms with van der Waals surface area (Å²) in [7, 11) is -3.13.